The zero-order chi connectivity index (χ0) is 23.5. The van der Waals surface area contributed by atoms with Crippen LogP contribution in [0.25, 0.3) is 0 Å². The number of benzene rings is 2. The maximum atomic E-state index is 12.8. The summed E-state index contributed by atoms with van der Waals surface area (Å²) in [5, 5.41) is 2.65. The molecule has 0 radical (unpaired) electrons. The van der Waals surface area contributed by atoms with Gasteiger partial charge in [-0.25, -0.2) is 21.6 Å². The maximum Gasteiger partial charge on any atom is 0.255 e. The molecular weight excluding hydrogens is 454 g/mol. The number of nitrogens with one attached hydrogen (secondary N) is 2. The Balaban J connectivity index is 1.83. The second-order valence-electron chi connectivity index (χ2n) is 7.33. The van der Waals surface area contributed by atoms with Crippen molar-refractivity contribution in [2.24, 2.45) is 0 Å². The van der Waals surface area contributed by atoms with Crippen LogP contribution in [0.5, 0.6) is 5.75 Å². The summed E-state index contributed by atoms with van der Waals surface area (Å²) in [7, 11) is -5.93. The number of methoxy groups -OCH3 is 1. The van der Waals surface area contributed by atoms with Crippen LogP contribution in [0.2, 0.25) is 0 Å². The third kappa shape index (κ3) is 5.29. The minimum Gasteiger partial charge on any atom is -0.495 e. The van der Waals surface area contributed by atoms with Crippen molar-refractivity contribution in [3.63, 3.8) is 0 Å². The number of hydrogen-bond donors (Lipinski definition) is 2. The van der Waals surface area contributed by atoms with E-state index >= 15 is 0 Å². The van der Waals surface area contributed by atoms with Gasteiger partial charge in [-0.15, -0.1) is 0 Å². The van der Waals surface area contributed by atoms with E-state index in [2.05, 4.69) is 10.0 Å². The lowest BCUT2D eigenvalue weighted by Crippen LogP contribution is -2.30. The van der Waals surface area contributed by atoms with Gasteiger partial charge in [0, 0.05) is 24.7 Å². The smallest absolute Gasteiger partial charge is 0.255 e. The van der Waals surface area contributed by atoms with Gasteiger partial charge in [0.25, 0.3) is 5.91 Å². The Hall–Kier alpha value is -2.47. The second-order valence-corrected chi connectivity index (χ2v) is 11.0. The van der Waals surface area contributed by atoms with E-state index in [1.165, 1.54) is 53.9 Å². The average molecular weight is 482 g/mol. The molecule has 2 aromatic rings. The number of rotatable bonds is 10. The van der Waals surface area contributed by atoms with E-state index in [-0.39, 0.29) is 27.1 Å². The van der Waals surface area contributed by atoms with Crippen LogP contribution in [0, 0.1) is 0 Å². The number of anilines is 1. The molecule has 11 heteroatoms. The molecule has 2 N–H and O–H groups in total. The van der Waals surface area contributed by atoms with E-state index < -0.39 is 26.0 Å². The number of sulfonamides is 2. The maximum absolute atomic E-state index is 12.8. The Labute approximate surface area is 188 Å². The Morgan fingerprint density at radius 2 is 1.59 bits per heavy atom. The van der Waals surface area contributed by atoms with Crippen molar-refractivity contribution >= 4 is 31.6 Å². The Morgan fingerprint density at radius 1 is 1.00 bits per heavy atom. The van der Waals surface area contributed by atoms with Crippen molar-refractivity contribution in [1.82, 2.24) is 9.03 Å². The van der Waals surface area contributed by atoms with E-state index in [4.69, 9.17) is 4.74 Å². The van der Waals surface area contributed by atoms with Crippen LogP contribution in [0.15, 0.2) is 52.3 Å². The molecule has 1 saturated carbocycles. The van der Waals surface area contributed by atoms with E-state index in [0.717, 1.165) is 12.8 Å². The van der Waals surface area contributed by atoms with Crippen molar-refractivity contribution in [2.75, 3.05) is 25.5 Å². The van der Waals surface area contributed by atoms with Crippen molar-refractivity contribution in [1.29, 1.82) is 0 Å². The van der Waals surface area contributed by atoms with Gasteiger partial charge in [-0.2, -0.15) is 4.31 Å². The predicted molar refractivity (Wildman–Crippen MR) is 121 cm³/mol. The lowest BCUT2D eigenvalue weighted by molar-refractivity contribution is 0.102. The number of ether oxygens (including phenoxy) is 1. The van der Waals surface area contributed by atoms with Crippen LogP contribution in [0.3, 0.4) is 0 Å². The molecule has 9 nitrogen and oxygen atoms in total. The summed E-state index contributed by atoms with van der Waals surface area (Å²) in [5.41, 5.74) is 0.409. The zero-order valence-electron chi connectivity index (χ0n) is 18.2. The Kier molecular flexibility index (Phi) is 7.23. The van der Waals surface area contributed by atoms with Crippen molar-refractivity contribution in [3.8, 4) is 5.75 Å². The SMILES string of the molecule is CCN(CC)S(=O)(=O)c1ccc(OC)c(NC(=O)c2ccc(S(=O)(=O)NC3CC3)cc2)c1. The lowest BCUT2D eigenvalue weighted by Gasteiger charge is -2.19. The normalized spacial score (nSPS) is 14.4. The van der Waals surface area contributed by atoms with E-state index in [9.17, 15) is 21.6 Å². The molecule has 0 unspecified atom stereocenters. The van der Waals surface area contributed by atoms with Gasteiger partial charge in [0.15, 0.2) is 0 Å². The van der Waals surface area contributed by atoms with Crippen LogP contribution in [0.4, 0.5) is 5.69 Å². The molecular formula is C21H27N3O6S2. The summed E-state index contributed by atoms with van der Waals surface area (Å²) in [6, 6.07) is 9.76. The summed E-state index contributed by atoms with van der Waals surface area (Å²) >= 11 is 0. The first-order valence-electron chi connectivity index (χ1n) is 10.2. The molecule has 1 amide bonds. The molecule has 0 aliphatic heterocycles. The summed E-state index contributed by atoms with van der Waals surface area (Å²) < 4.78 is 59.4. The molecule has 1 aliphatic carbocycles. The van der Waals surface area contributed by atoms with Crippen molar-refractivity contribution in [3.05, 3.63) is 48.0 Å². The fraction of sp³-hybridized carbons (Fsp3) is 0.381. The number of carbonyl (C=O) groups excluding carboxylic acids is 1. The highest BCUT2D eigenvalue weighted by molar-refractivity contribution is 7.89. The fourth-order valence-corrected chi connectivity index (χ4v) is 5.92. The first kappa shape index (κ1) is 24.2. The molecule has 0 bridgehead atoms. The number of hydrogen-bond acceptors (Lipinski definition) is 6. The van der Waals surface area contributed by atoms with Gasteiger partial charge in [-0.05, 0) is 55.3 Å². The summed E-state index contributed by atoms with van der Waals surface area (Å²) in [5.74, 6) is -0.232. The predicted octanol–water partition coefficient (Wildman–Crippen LogP) is 2.42. The Morgan fingerprint density at radius 3 is 2.12 bits per heavy atom. The molecule has 32 heavy (non-hydrogen) atoms. The van der Waals surface area contributed by atoms with Crippen LogP contribution in [0.1, 0.15) is 37.0 Å². The Bertz CT molecular complexity index is 1190. The van der Waals surface area contributed by atoms with Gasteiger partial charge in [-0.1, -0.05) is 13.8 Å². The van der Waals surface area contributed by atoms with E-state index in [0.29, 0.717) is 18.8 Å². The fourth-order valence-electron chi connectivity index (χ4n) is 3.13. The quantitative estimate of drug-likeness (QED) is 0.537. The minimum atomic E-state index is -3.72. The summed E-state index contributed by atoms with van der Waals surface area (Å²) in [6.45, 7) is 4.13. The van der Waals surface area contributed by atoms with Crippen LogP contribution in [-0.4, -0.2) is 53.3 Å². The topological polar surface area (TPSA) is 122 Å². The molecule has 1 fully saturated rings. The number of carbonyl (C=O) groups is 1. The minimum absolute atomic E-state index is 0.0182. The second kappa shape index (κ2) is 9.57. The highest BCUT2D eigenvalue weighted by Crippen LogP contribution is 2.29. The average Bonchev–Trinajstić information content (AvgIpc) is 3.57. The highest BCUT2D eigenvalue weighted by atomic mass is 32.2. The van der Waals surface area contributed by atoms with Crippen LogP contribution in [-0.2, 0) is 20.0 Å². The summed E-state index contributed by atoms with van der Waals surface area (Å²) in [4.78, 5) is 12.9. The van der Waals surface area contributed by atoms with E-state index in [1.807, 2.05) is 0 Å². The van der Waals surface area contributed by atoms with Gasteiger partial charge < -0.3 is 10.1 Å². The third-order valence-electron chi connectivity index (χ3n) is 5.09. The molecule has 0 atom stereocenters. The lowest BCUT2D eigenvalue weighted by atomic mass is 10.2. The standard InChI is InChI=1S/C21H27N3O6S2/c1-4-24(5-2)32(28,29)18-12-13-20(30-3)19(14-18)22-21(25)15-6-10-17(11-7-15)31(26,27)23-16-8-9-16/h6-7,10-14,16,23H,4-5,8-9H2,1-3H3,(H,22,25). The number of nitrogens with zero attached hydrogens (tertiary/aromatic N) is 1. The largest absolute Gasteiger partial charge is 0.495 e. The molecule has 2 aromatic carbocycles. The van der Waals surface area contributed by atoms with Gasteiger partial charge in [0.2, 0.25) is 20.0 Å². The molecule has 1 aliphatic rings. The zero-order valence-corrected chi connectivity index (χ0v) is 19.8. The highest BCUT2D eigenvalue weighted by Gasteiger charge is 2.28. The molecule has 174 valence electrons. The van der Waals surface area contributed by atoms with Gasteiger partial charge in [0.1, 0.15) is 5.75 Å². The molecule has 0 saturated heterocycles. The first-order valence-corrected chi connectivity index (χ1v) is 13.2. The van der Waals surface area contributed by atoms with Gasteiger partial charge in [0.05, 0.1) is 22.6 Å². The van der Waals surface area contributed by atoms with Gasteiger partial charge in [-0.3, -0.25) is 4.79 Å². The van der Waals surface area contributed by atoms with Crippen LogP contribution < -0.4 is 14.8 Å². The molecule has 0 heterocycles. The molecule has 3 rings (SSSR count). The van der Waals surface area contributed by atoms with Crippen molar-refractivity contribution < 1.29 is 26.4 Å². The molecule has 0 spiro atoms. The van der Waals surface area contributed by atoms with Gasteiger partial charge >= 0.3 is 0 Å². The monoisotopic (exact) mass is 481 g/mol. The van der Waals surface area contributed by atoms with Crippen molar-refractivity contribution in [2.45, 2.75) is 42.5 Å². The third-order valence-corrected chi connectivity index (χ3v) is 8.67. The van der Waals surface area contributed by atoms with Crippen LogP contribution >= 0.6 is 0 Å². The first-order chi connectivity index (χ1) is 15.1. The number of amides is 1. The van der Waals surface area contributed by atoms with E-state index in [1.54, 1.807) is 13.8 Å². The summed E-state index contributed by atoms with van der Waals surface area (Å²) in [6.07, 6.45) is 1.65. The molecule has 0 aromatic heterocycles.